The van der Waals surface area contributed by atoms with Crippen molar-refractivity contribution in [2.75, 3.05) is 30.8 Å². The number of aromatic nitrogens is 3. The summed E-state index contributed by atoms with van der Waals surface area (Å²) in [4.78, 5) is 8.78. The minimum atomic E-state index is 0.281. The lowest BCUT2D eigenvalue weighted by molar-refractivity contribution is 0.170. The maximum Gasteiger partial charge on any atom is 0.222 e. The van der Waals surface area contributed by atoms with Gasteiger partial charge in [-0.05, 0) is 18.6 Å². The molecule has 3 aromatic rings. The molecule has 0 aliphatic carbocycles. The number of hydrogen-bond acceptors (Lipinski definition) is 6. The van der Waals surface area contributed by atoms with Crippen molar-refractivity contribution in [2.24, 2.45) is 0 Å². The average Bonchev–Trinajstić information content (AvgIpc) is 3.05. The number of para-hydroxylation sites is 1. The largest absolute Gasteiger partial charge is 0.486 e. The van der Waals surface area contributed by atoms with Gasteiger partial charge < -0.3 is 25.1 Å². The number of benzene rings is 1. The molecule has 4 rings (SSSR count). The second-order valence-corrected chi connectivity index (χ2v) is 6.33. The Balaban J connectivity index is 1.71. The number of hydrogen-bond donors (Lipinski definition) is 2. The van der Waals surface area contributed by atoms with Crippen LogP contribution in [-0.4, -0.2) is 34.3 Å². The molecule has 0 saturated heterocycles. The Hall–Kier alpha value is -2.96. The number of ether oxygens (including phenoxy) is 2. The predicted molar refractivity (Wildman–Crippen MR) is 102 cm³/mol. The second kappa shape index (κ2) is 7.11. The molecule has 1 aliphatic rings. The van der Waals surface area contributed by atoms with Gasteiger partial charge in [-0.2, -0.15) is 4.98 Å². The second-order valence-electron chi connectivity index (χ2n) is 6.33. The van der Waals surface area contributed by atoms with Gasteiger partial charge in [0.2, 0.25) is 5.95 Å². The van der Waals surface area contributed by atoms with Crippen molar-refractivity contribution in [3.63, 3.8) is 0 Å². The topological polar surface area (TPSA) is 87.2 Å². The number of anilines is 2. The monoisotopic (exact) mass is 353 g/mol. The summed E-state index contributed by atoms with van der Waals surface area (Å²) in [6.45, 7) is 4.81. The summed E-state index contributed by atoms with van der Waals surface area (Å²) in [6, 6.07) is 7.95. The Kier molecular flexibility index (Phi) is 4.51. The van der Waals surface area contributed by atoms with Crippen LogP contribution in [0, 0.1) is 0 Å². The maximum absolute atomic E-state index is 5.87. The van der Waals surface area contributed by atoms with Crippen molar-refractivity contribution in [1.29, 1.82) is 0 Å². The highest BCUT2D eigenvalue weighted by molar-refractivity contribution is 5.87. The Morgan fingerprint density at radius 2 is 2.08 bits per heavy atom. The van der Waals surface area contributed by atoms with E-state index in [0.29, 0.717) is 19.8 Å². The van der Waals surface area contributed by atoms with Crippen molar-refractivity contribution in [3.8, 4) is 11.5 Å². The van der Waals surface area contributed by atoms with Gasteiger partial charge in [-0.25, -0.2) is 4.98 Å². The molecule has 3 N–H and O–H groups in total. The summed E-state index contributed by atoms with van der Waals surface area (Å²) < 4.78 is 13.6. The zero-order valence-corrected chi connectivity index (χ0v) is 14.9. The summed E-state index contributed by atoms with van der Waals surface area (Å²) in [5, 5.41) is 3.40. The van der Waals surface area contributed by atoms with Crippen LogP contribution in [0.15, 0.2) is 30.5 Å². The molecule has 3 heterocycles. The standard InChI is InChI=1S/C19H23N5O2/c1-2-3-8-21-18-16-14(22-19(20)23-18)7-9-24(16)12-13-5-4-6-15-17(13)26-11-10-25-15/h4-7,9H,2-3,8,10-12H2,1H3,(H3,20,21,22,23). The van der Waals surface area contributed by atoms with E-state index in [1.807, 2.05) is 24.4 Å². The number of nitrogen functional groups attached to an aromatic ring is 1. The third-order valence-electron chi connectivity index (χ3n) is 4.44. The van der Waals surface area contributed by atoms with Crippen molar-refractivity contribution in [2.45, 2.75) is 26.3 Å². The number of nitrogens with zero attached hydrogens (tertiary/aromatic N) is 3. The lowest BCUT2D eigenvalue weighted by Crippen LogP contribution is -2.17. The summed E-state index contributed by atoms with van der Waals surface area (Å²) in [5.74, 6) is 2.67. The third-order valence-corrected chi connectivity index (χ3v) is 4.44. The molecule has 1 aromatic carbocycles. The Bertz CT molecular complexity index is 922. The number of fused-ring (bicyclic) bond motifs is 2. The number of unbranched alkanes of at least 4 members (excludes halogenated alkanes) is 1. The van der Waals surface area contributed by atoms with E-state index >= 15 is 0 Å². The smallest absolute Gasteiger partial charge is 0.222 e. The molecule has 0 radical (unpaired) electrons. The first-order valence-corrected chi connectivity index (χ1v) is 9.00. The molecule has 0 unspecified atom stereocenters. The molecule has 2 aromatic heterocycles. The van der Waals surface area contributed by atoms with Gasteiger partial charge in [0.25, 0.3) is 0 Å². The molecule has 0 amide bonds. The van der Waals surface area contributed by atoms with Crippen LogP contribution in [0.3, 0.4) is 0 Å². The van der Waals surface area contributed by atoms with Gasteiger partial charge in [0, 0.05) is 18.3 Å². The number of nitrogens with one attached hydrogen (secondary N) is 1. The summed E-state index contributed by atoms with van der Waals surface area (Å²) in [6.07, 6.45) is 4.20. The molecule has 7 nitrogen and oxygen atoms in total. The molecular formula is C19H23N5O2. The lowest BCUT2D eigenvalue weighted by atomic mass is 10.1. The number of nitrogens with two attached hydrogens (primary N) is 1. The normalized spacial score (nSPS) is 13.1. The highest BCUT2D eigenvalue weighted by atomic mass is 16.6. The van der Waals surface area contributed by atoms with Crippen molar-refractivity contribution in [3.05, 3.63) is 36.0 Å². The zero-order chi connectivity index (χ0) is 17.9. The van der Waals surface area contributed by atoms with E-state index in [1.54, 1.807) is 0 Å². The van der Waals surface area contributed by atoms with E-state index in [2.05, 4.69) is 32.8 Å². The molecule has 26 heavy (non-hydrogen) atoms. The third kappa shape index (κ3) is 3.12. The van der Waals surface area contributed by atoms with E-state index in [0.717, 1.165) is 53.3 Å². The molecule has 136 valence electrons. The zero-order valence-electron chi connectivity index (χ0n) is 14.9. The van der Waals surface area contributed by atoms with E-state index in [9.17, 15) is 0 Å². The Morgan fingerprint density at radius 3 is 2.96 bits per heavy atom. The molecule has 1 aliphatic heterocycles. The van der Waals surface area contributed by atoms with Crippen LogP contribution in [0.25, 0.3) is 11.0 Å². The van der Waals surface area contributed by atoms with Crippen LogP contribution in [0.1, 0.15) is 25.3 Å². The van der Waals surface area contributed by atoms with E-state index < -0.39 is 0 Å². The first kappa shape index (κ1) is 16.5. The highest BCUT2D eigenvalue weighted by Crippen LogP contribution is 2.35. The van der Waals surface area contributed by atoms with Crippen LogP contribution < -0.4 is 20.5 Å². The first-order valence-electron chi connectivity index (χ1n) is 9.00. The average molecular weight is 353 g/mol. The van der Waals surface area contributed by atoms with Gasteiger partial charge in [-0.15, -0.1) is 0 Å². The number of rotatable bonds is 6. The van der Waals surface area contributed by atoms with Crippen LogP contribution in [0.5, 0.6) is 11.5 Å². The van der Waals surface area contributed by atoms with Crippen LogP contribution in [-0.2, 0) is 6.54 Å². The van der Waals surface area contributed by atoms with Crippen LogP contribution in [0.2, 0.25) is 0 Å². The molecule has 0 fully saturated rings. The van der Waals surface area contributed by atoms with Gasteiger partial charge in [0.1, 0.15) is 18.7 Å². The SMILES string of the molecule is CCCCNc1nc(N)nc2ccn(Cc3cccc4c3OCCO4)c12. The minimum absolute atomic E-state index is 0.281. The molecule has 0 saturated carbocycles. The fraction of sp³-hybridized carbons (Fsp3) is 0.368. The maximum atomic E-state index is 5.87. The molecule has 0 spiro atoms. The molecular weight excluding hydrogens is 330 g/mol. The molecule has 0 bridgehead atoms. The lowest BCUT2D eigenvalue weighted by Gasteiger charge is -2.21. The fourth-order valence-electron chi connectivity index (χ4n) is 3.21. The Labute approximate surface area is 152 Å². The van der Waals surface area contributed by atoms with E-state index in [1.165, 1.54) is 0 Å². The summed E-state index contributed by atoms with van der Waals surface area (Å²) in [5.41, 5.74) is 8.72. The molecule has 0 atom stereocenters. The van der Waals surface area contributed by atoms with Crippen molar-refractivity contribution < 1.29 is 9.47 Å². The Morgan fingerprint density at radius 1 is 1.19 bits per heavy atom. The molecule has 7 heteroatoms. The van der Waals surface area contributed by atoms with Gasteiger partial charge in [0.15, 0.2) is 17.3 Å². The fourth-order valence-corrected chi connectivity index (χ4v) is 3.21. The van der Waals surface area contributed by atoms with Gasteiger partial charge in [-0.3, -0.25) is 0 Å². The quantitative estimate of drug-likeness (QED) is 0.662. The van der Waals surface area contributed by atoms with Crippen LogP contribution >= 0.6 is 0 Å². The van der Waals surface area contributed by atoms with E-state index in [4.69, 9.17) is 15.2 Å². The predicted octanol–water partition coefficient (Wildman–Crippen LogP) is 3.05. The van der Waals surface area contributed by atoms with Gasteiger partial charge in [-0.1, -0.05) is 25.5 Å². The van der Waals surface area contributed by atoms with Crippen LogP contribution in [0.4, 0.5) is 11.8 Å². The van der Waals surface area contributed by atoms with Gasteiger partial charge >= 0.3 is 0 Å². The highest BCUT2D eigenvalue weighted by Gasteiger charge is 2.17. The van der Waals surface area contributed by atoms with Crippen molar-refractivity contribution in [1.82, 2.24) is 14.5 Å². The van der Waals surface area contributed by atoms with Gasteiger partial charge in [0.05, 0.1) is 12.1 Å². The summed E-state index contributed by atoms with van der Waals surface area (Å²) >= 11 is 0. The van der Waals surface area contributed by atoms with E-state index in [-0.39, 0.29) is 5.95 Å². The summed E-state index contributed by atoms with van der Waals surface area (Å²) in [7, 11) is 0. The minimum Gasteiger partial charge on any atom is -0.486 e. The first-order chi connectivity index (χ1) is 12.8. The van der Waals surface area contributed by atoms with Crippen molar-refractivity contribution >= 4 is 22.8 Å².